The van der Waals surface area contributed by atoms with Gasteiger partial charge in [0.2, 0.25) is 0 Å². The summed E-state index contributed by atoms with van der Waals surface area (Å²) in [6.07, 6.45) is 6.43. The minimum atomic E-state index is 0.568. The minimum Gasteiger partial charge on any atom is -0.456 e. The Hall–Kier alpha value is -6.58. The summed E-state index contributed by atoms with van der Waals surface area (Å²) in [6, 6.07) is 61.3. The van der Waals surface area contributed by atoms with Crippen molar-refractivity contribution in [3.05, 3.63) is 175 Å². The smallest absolute Gasteiger partial charge is 0.137 e. The Morgan fingerprint density at radius 3 is 1.53 bits per heavy atom. The quantitative estimate of drug-likeness (QED) is 0.172. The van der Waals surface area contributed by atoms with E-state index in [2.05, 4.69) is 163 Å². The van der Waals surface area contributed by atoms with Gasteiger partial charge in [-0.25, -0.2) is 0 Å². The molecule has 264 valence electrons. The summed E-state index contributed by atoms with van der Waals surface area (Å²) >= 11 is 0. The van der Waals surface area contributed by atoms with E-state index in [4.69, 9.17) is 8.83 Å². The molecule has 10 aromatic rings. The van der Waals surface area contributed by atoms with Gasteiger partial charge in [-0.05, 0) is 88.7 Å². The Kier molecular flexibility index (Phi) is 7.58. The molecule has 0 bridgehead atoms. The highest BCUT2D eigenvalue weighted by Gasteiger charge is 2.27. The van der Waals surface area contributed by atoms with Crippen molar-refractivity contribution in [2.45, 2.75) is 38.0 Å². The molecule has 0 radical (unpaired) electrons. The lowest BCUT2D eigenvalue weighted by atomic mass is 9.80. The van der Waals surface area contributed by atoms with Crippen LogP contribution in [0.2, 0.25) is 0 Å². The van der Waals surface area contributed by atoms with Crippen LogP contribution < -0.4 is 4.90 Å². The van der Waals surface area contributed by atoms with Crippen molar-refractivity contribution in [2.75, 3.05) is 4.90 Å². The highest BCUT2D eigenvalue weighted by Crippen LogP contribution is 2.51. The van der Waals surface area contributed by atoms with Gasteiger partial charge in [0, 0.05) is 27.3 Å². The Balaban J connectivity index is 1.23. The van der Waals surface area contributed by atoms with Gasteiger partial charge in [0.25, 0.3) is 0 Å². The maximum absolute atomic E-state index is 6.54. The maximum atomic E-state index is 6.54. The summed E-state index contributed by atoms with van der Waals surface area (Å²) in [7, 11) is 0. The van der Waals surface area contributed by atoms with Crippen molar-refractivity contribution in [3.63, 3.8) is 0 Å². The number of anilines is 3. The number of nitrogens with zero attached hydrogens (tertiary/aromatic N) is 1. The van der Waals surface area contributed by atoms with Crippen LogP contribution in [0, 0.1) is 0 Å². The first-order chi connectivity index (χ1) is 27.3. The summed E-state index contributed by atoms with van der Waals surface area (Å²) in [6.45, 7) is 0. The first kappa shape index (κ1) is 31.9. The van der Waals surface area contributed by atoms with E-state index < -0.39 is 0 Å². The first-order valence-corrected chi connectivity index (χ1v) is 19.6. The zero-order valence-electron chi connectivity index (χ0n) is 30.5. The Morgan fingerprint density at radius 1 is 0.364 bits per heavy atom. The number of hydrogen-bond acceptors (Lipinski definition) is 3. The van der Waals surface area contributed by atoms with Gasteiger partial charge < -0.3 is 13.7 Å². The minimum absolute atomic E-state index is 0.568. The Morgan fingerprint density at radius 2 is 0.836 bits per heavy atom. The van der Waals surface area contributed by atoms with Crippen molar-refractivity contribution >= 4 is 71.7 Å². The number of rotatable bonds is 6. The van der Waals surface area contributed by atoms with E-state index >= 15 is 0 Å². The molecule has 0 unspecified atom stereocenters. The average molecular weight is 710 g/mol. The van der Waals surface area contributed by atoms with E-state index in [1.807, 2.05) is 12.1 Å². The molecule has 2 aromatic heterocycles. The number of para-hydroxylation sites is 4. The van der Waals surface area contributed by atoms with E-state index in [-0.39, 0.29) is 0 Å². The molecule has 0 spiro atoms. The van der Waals surface area contributed by atoms with Crippen LogP contribution in [0.4, 0.5) is 17.1 Å². The van der Waals surface area contributed by atoms with Crippen molar-refractivity contribution in [1.29, 1.82) is 0 Å². The third kappa shape index (κ3) is 5.18. The van der Waals surface area contributed by atoms with Crippen molar-refractivity contribution in [1.82, 2.24) is 0 Å². The largest absolute Gasteiger partial charge is 0.456 e. The number of hydrogen-bond donors (Lipinski definition) is 0. The molecule has 0 aliphatic heterocycles. The molecule has 55 heavy (non-hydrogen) atoms. The molecule has 11 rings (SSSR count). The topological polar surface area (TPSA) is 29.5 Å². The maximum Gasteiger partial charge on any atom is 0.137 e. The third-order valence-electron chi connectivity index (χ3n) is 11.9. The third-order valence-corrected chi connectivity index (χ3v) is 11.9. The van der Waals surface area contributed by atoms with Gasteiger partial charge >= 0.3 is 0 Å². The molecule has 1 fully saturated rings. The van der Waals surface area contributed by atoms with Gasteiger partial charge in [-0.15, -0.1) is 0 Å². The highest BCUT2D eigenvalue weighted by atomic mass is 16.3. The molecule has 0 amide bonds. The van der Waals surface area contributed by atoms with Gasteiger partial charge in [-0.3, -0.25) is 0 Å². The van der Waals surface area contributed by atoms with Crippen LogP contribution in [-0.2, 0) is 0 Å². The van der Waals surface area contributed by atoms with Crippen LogP contribution in [-0.4, -0.2) is 0 Å². The fraction of sp³-hybridized carbons (Fsp3) is 0.115. The summed E-state index contributed by atoms with van der Waals surface area (Å²) in [5, 5.41) is 7.10. The molecule has 0 atom stereocenters. The average Bonchev–Trinajstić information content (AvgIpc) is 3.83. The lowest BCUT2D eigenvalue weighted by molar-refractivity contribution is 0.445. The summed E-state index contributed by atoms with van der Waals surface area (Å²) in [4.78, 5) is 2.48. The fourth-order valence-corrected chi connectivity index (χ4v) is 9.47. The van der Waals surface area contributed by atoms with E-state index in [0.29, 0.717) is 5.92 Å². The number of fused-ring (bicyclic) bond motifs is 7. The molecular formula is C52H39NO2. The van der Waals surface area contributed by atoms with E-state index in [9.17, 15) is 0 Å². The Bertz CT molecular complexity index is 3040. The van der Waals surface area contributed by atoms with E-state index in [0.717, 1.165) is 72.1 Å². The molecule has 3 nitrogen and oxygen atoms in total. The molecule has 8 aromatic carbocycles. The van der Waals surface area contributed by atoms with E-state index in [1.165, 1.54) is 59.6 Å². The monoisotopic (exact) mass is 709 g/mol. The second-order valence-corrected chi connectivity index (χ2v) is 15.0. The van der Waals surface area contributed by atoms with Crippen LogP contribution in [0.3, 0.4) is 0 Å². The van der Waals surface area contributed by atoms with Gasteiger partial charge in [0.05, 0.1) is 22.4 Å². The van der Waals surface area contributed by atoms with Crippen LogP contribution >= 0.6 is 0 Å². The van der Waals surface area contributed by atoms with Crippen LogP contribution in [0.25, 0.3) is 76.9 Å². The van der Waals surface area contributed by atoms with Crippen molar-refractivity contribution < 1.29 is 8.83 Å². The summed E-state index contributed by atoms with van der Waals surface area (Å²) in [5.74, 6) is 0.568. The standard InChI is InChI=1S/C52H39NO2/c1-2-16-34(17-3-1)36-24-12-18-35-19-13-25-39(50(35)36)37-20-4-8-27-43(37)53(45-29-15-33-49-52(45)42-23-7-11-31-47(42)55-49)44-28-9-5-21-38(44)40-26-14-32-48-51(40)41-22-6-10-30-46(41)54-48/h4-15,18-34H,1-3,16-17H2. The molecule has 0 N–H and O–H groups in total. The number of furan rings is 2. The van der Waals surface area contributed by atoms with Gasteiger partial charge in [-0.1, -0.05) is 147 Å². The SMILES string of the molecule is c1ccc(N(c2ccccc2-c2cccc3oc4ccccc4c23)c2cccc3oc4ccccc4c23)c(-c2cccc3cccc(C4CCCCC4)c23)c1. The van der Waals surface area contributed by atoms with Crippen molar-refractivity contribution in [2.24, 2.45) is 0 Å². The van der Waals surface area contributed by atoms with E-state index in [1.54, 1.807) is 0 Å². The molecule has 1 aliphatic rings. The molecule has 2 heterocycles. The number of benzene rings is 8. The Labute approximate surface area is 320 Å². The molecule has 0 saturated heterocycles. The molecule has 1 aliphatic carbocycles. The van der Waals surface area contributed by atoms with Gasteiger partial charge in [0.1, 0.15) is 22.3 Å². The second-order valence-electron chi connectivity index (χ2n) is 15.0. The van der Waals surface area contributed by atoms with Crippen LogP contribution in [0.5, 0.6) is 0 Å². The zero-order valence-corrected chi connectivity index (χ0v) is 30.5. The zero-order chi connectivity index (χ0) is 36.3. The lowest BCUT2D eigenvalue weighted by Crippen LogP contribution is -2.13. The van der Waals surface area contributed by atoms with Gasteiger partial charge in [-0.2, -0.15) is 0 Å². The van der Waals surface area contributed by atoms with Crippen molar-refractivity contribution in [3.8, 4) is 22.3 Å². The predicted molar refractivity (Wildman–Crippen MR) is 230 cm³/mol. The summed E-state index contributed by atoms with van der Waals surface area (Å²) in [5.41, 5.74) is 13.0. The highest BCUT2D eigenvalue weighted by molar-refractivity contribution is 6.17. The lowest BCUT2D eigenvalue weighted by Gasteiger charge is -2.31. The molecule has 1 saturated carbocycles. The van der Waals surface area contributed by atoms with Crippen LogP contribution in [0.1, 0.15) is 43.6 Å². The molecular weight excluding hydrogens is 671 g/mol. The molecule has 3 heteroatoms. The van der Waals surface area contributed by atoms with Gasteiger partial charge in [0.15, 0.2) is 0 Å². The predicted octanol–water partition coefficient (Wildman–Crippen LogP) is 15.5. The summed E-state index contributed by atoms with van der Waals surface area (Å²) < 4.78 is 13.0. The first-order valence-electron chi connectivity index (χ1n) is 19.6. The fourth-order valence-electron chi connectivity index (χ4n) is 9.47. The normalized spacial score (nSPS) is 13.7. The second kappa shape index (κ2) is 13.1. The van der Waals surface area contributed by atoms with Crippen LogP contribution in [0.15, 0.2) is 179 Å².